The third-order valence-electron chi connectivity index (χ3n) is 6.07. The summed E-state index contributed by atoms with van der Waals surface area (Å²) < 4.78 is 0. The van der Waals surface area contributed by atoms with Gasteiger partial charge in [-0.1, -0.05) is 36.8 Å². The smallest absolute Gasteiger partial charge is 0.270 e. The summed E-state index contributed by atoms with van der Waals surface area (Å²) in [6.45, 7) is 9.17. The third-order valence-corrected chi connectivity index (χ3v) is 6.07. The van der Waals surface area contributed by atoms with E-state index in [-0.39, 0.29) is 11.7 Å². The average molecular weight is 381 g/mol. The summed E-state index contributed by atoms with van der Waals surface area (Å²) in [5, 5.41) is 0. The molecule has 0 atom stereocenters. The van der Waals surface area contributed by atoms with Crippen molar-refractivity contribution in [2.45, 2.75) is 59.8 Å². The number of aromatic amines is 1. The zero-order chi connectivity index (χ0) is 20.3. The summed E-state index contributed by atoms with van der Waals surface area (Å²) in [5.41, 5.74) is 5.68. The summed E-state index contributed by atoms with van der Waals surface area (Å²) in [5.74, 6) is 0.748. The highest BCUT2D eigenvalue weighted by Gasteiger charge is 2.28. The van der Waals surface area contributed by atoms with Gasteiger partial charge >= 0.3 is 0 Å². The number of piperidine rings is 1. The van der Waals surface area contributed by atoms with E-state index >= 15 is 0 Å². The van der Waals surface area contributed by atoms with E-state index in [0.717, 1.165) is 43.6 Å². The molecule has 1 N–H and O–H groups in total. The van der Waals surface area contributed by atoms with Gasteiger partial charge in [-0.3, -0.25) is 9.59 Å². The van der Waals surface area contributed by atoms with Crippen LogP contribution in [0, 0.1) is 19.8 Å². The molecule has 0 bridgehead atoms. The molecule has 1 aliphatic heterocycles. The Morgan fingerprint density at radius 3 is 2.32 bits per heavy atom. The molecule has 1 aliphatic rings. The maximum absolute atomic E-state index is 13.1. The van der Waals surface area contributed by atoms with Crippen LogP contribution in [0.4, 0.5) is 0 Å². The molecule has 3 rings (SSSR count). The van der Waals surface area contributed by atoms with E-state index in [4.69, 9.17) is 0 Å². The molecule has 0 unspecified atom stereocenters. The van der Waals surface area contributed by atoms with Crippen LogP contribution in [0.25, 0.3) is 0 Å². The molecule has 0 aliphatic carbocycles. The molecular formula is C24H32N2O2. The summed E-state index contributed by atoms with van der Waals surface area (Å²) in [6, 6.07) is 8.80. The molecule has 1 aromatic carbocycles. The number of Topliss-reactive ketones (excluding diaryl/α,β-unsaturated/α-hetero) is 1. The Bertz CT molecular complexity index is 840. The number of carbonyl (C=O) groups excluding carboxylic acids is 2. The van der Waals surface area contributed by atoms with E-state index in [1.165, 1.54) is 17.5 Å². The molecule has 150 valence electrons. The van der Waals surface area contributed by atoms with Gasteiger partial charge in [0, 0.05) is 24.3 Å². The van der Waals surface area contributed by atoms with Crippen LogP contribution >= 0.6 is 0 Å². The number of nitrogens with one attached hydrogen (secondary N) is 1. The molecular weight excluding hydrogens is 348 g/mol. The standard InChI is InChI=1S/C24H32N2O2/c1-5-21-22(18(4)27)17(3)25-23(21)24(28)26-14-12-20(13-15-26)11-10-19-8-6-16(2)7-9-19/h6-9,20,25H,5,10-15H2,1-4H3. The van der Waals surface area contributed by atoms with Crippen molar-refractivity contribution in [2.75, 3.05) is 13.1 Å². The van der Waals surface area contributed by atoms with Gasteiger partial charge in [0.05, 0.1) is 0 Å². The zero-order valence-electron chi connectivity index (χ0n) is 17.6. The van der Waals surface area contributed by atoms with E-state index in [9.17, 15) is 9.59 Å². The fraction of sp³-hybridized carbons (Fsp3) is 0.500. The van der Waals surface area contributed by atoms with E-state index in [0.29, 0.717) is 23.6 Å². The van der Waals surface area contributed by atoms with Crippen LogP contribution in [0.3, 0.4) is 0 Å². The number of hydrogen-bond donors (Lipinski definition) is 1. The summed E-state index contributed by atoms with van der Waals surface area (Å²) >= 11 is 0. The lowest BCUT2D eigenvalue weighted by Gasteiger charge is -2.32. The molecule has 2 heterocycles. The van der Waals surface area contributed by atoms with E-state index < -0.39 is 0 Å². The topological polar surface area (TPSA) is 53.2 Å². The summed E-state index contributed by atoms with van der Waals surface area (Å²) in [7, 11) is 0. The second-order valence-electron chi connectivity index (χ2n) is 8.15. The number of aromatic nitrogens is 1. The Labute approximate surface area is 168 Å². The van der Waals surface area contributed by atoms with Crippen LogP contribution in [0.5, 0.6) is 0 Å². The van der Waals surface area contributed by atoms with Crippen molar-refractivity contribution in [1.29, 1.82) is 0 Å². The second-order valence-corrected chi connectivity index (χ2v) is 8.15. The molecule has 0 radical (unpaired) electrons. The molecule has 1 fully saturated rings. The highest BCUT2D eigenvalue weighted by Crippen LogP contribution is 2.26. The van der Waals surface area contributed by atoms with Crippen LogP contribution < -0.4 is 0 Å². The number of amides is 1. The average Bonchev–Trinajstić information content (AvgIpc) is 3.04. The molecule has 4 heteroatoms. The predicted molar refractivity (Wildman–Crippen MR) is 113 cm³/mol. The molecule has 28 heavy (non-hydrogen) atoms. The number of nitrogens with zero attached hydrogens (tertiary/aromatic N) is 1. The minimum atomic E-state index is 0.0273. The van der Waals surface area contributed by atoms with Crippen molar-refractivity contribution in [3.8, 4) is 0 Å². The lowest BCUT2D eigenvalue weighted by Crippen LogP contribution is -2.39. The van der Waals surface area contributed by atoms with Gasteiger partial charge in [-0.25, -0.2) is 0 Å². The molecule has 0 saturated carbocycles. The van der Waals surface area contributed by atoms with Crippen molar-refractivity contribution in [3.63, 3.8) is 0 Å². The first kappa shape index (κ1) is 20.4. The number of H-pyrrole nitrogens is 1. The molecule has 4 nitrogen and oxygen atoms in total. The third kappa shape index (κ3) is 4.37. The first-order valence-corrected chi connectivity index (χ1v) is 10.5. The first-order chi connectivity index (χ1) is 13.4. The van der Waals surface area contributed by atoms with Gasteiger partial charge in [0.2, 0.25) is 0 Å². The Morgan fingerprint density at radius 2 is 1.75 bits per heavy atom. The maximum Gasteiger partial charge on any atom is 0.270 e. The van der Waals surface area contributed by atoms with Crippen LogP contribution in [0.15, 0.2) is 24.3 Å². The largest absolute Gasteiger partial charge is 0.354 e. The van der Waals surface area contributed by atoms with Gasteiger partial charge in [-0.2, -0.15) is 0 Å². The minimum Gasteiger partial charge on any atom is -0.354 e. The number of carbonyl (C=O) groups is 2. The number of likely N-dealkylation sites (tertiary alicyclic amines) is 1. The SMILES string of the molecule is CCc1c(C(=O)N2CCC(CCc3ccc(C)cc3)CC2)[nH]c(C)c1C(C)=O. The number of rotatable bonds is 6. The van der Waals surface area contributed by atoms with Crippen molar-refractivity contribution in [1.82, 2.24) is 9.88 Å². The normalized spacial score (nSPS) is 15.1. The number of ketones is 1. The quantitative estimate of drug-likeness (QED) is 0.726. The van der Waals surface area contributed by atoms with Crippen molar-refractivity contribution in [2.24, 2.45) is 5.92 Å². The zero-order valence-corrected chi connectivity index (χ0v) is 17.6. The predicted octanol–water partition coefficient (Wildman–Crippen LogP) is 4.88. The lowest BCUT2D eigenvalue weighted by molar-refractivity contribution is 0.0680. The van der Waals surface area contributed by atoms with Crippen LogP contribution in [-0.4, -0.2) is 34.7 Å². The van der Waals surface area contributed by atoms with Crippen LogP contribution in [0.2, 0.25) is 0 Å². The summed E-state index contributed by atoms with van der Waals surface area (Å²) in [4.78, 5) is 30.2. The highest BCUT2D eigenvalue weighted by molar-refractivity contribution is 6.02. The molecule has 1 aromatic heterocycles. The van der Waals surface area contributed by atoms with E-state index in [1.54, 1.807) is 6.92 Å². The van der Waals surface area contributed by atoms with Crippen molar-refractivity contribution >= 4 is 11.7 Å². The fourth-order valence-electron chi connectivity index (χ4n) is 4.40. The van der Waals surface area contributed by atoms with Gasteiger partial charge in [0.25, 0.3) is 5.91 Å². The number of benzene rings is 1. The van der Waals surface area contributed by atoms with Crippen molar-refractivity contribution in [3.05, 3.63) is 57.9 Å². The van der Waals surface area contributed by atoms with Gasteiger partial charge in [0.1, 0.15) is 5.69 Å². The van der Waals surface area contributed by atoms with E-state index in [1.807, 2.05) is 18.7 Å². The van der Waals surface area contributed by atoms with E-state index in [2.05, 4.69) is 36.2 Å². The van der Waals surface area contributed by atoms with Gasteiger partial charge in [0.15, 0.2) is 5.78 Å². The van der Waals surface area contributed by atoms with Gasteiger partial charge in [-0.15, -0.1) is 0 Å². The number of aryl methyl sites for hydroxylation is 3. The van der Waals surface area contributed by atoms with Gasteiger partial charge < -0.3 is 9.88 Å². The Hall–Kier alpha value is -2.36. The Balaban J connectivity index is 1.59. The highest BCUT2D eigenvalue weighted by atomic mass is 16.2. The minimum absolute atomic E-state index is 0.0273. The fourth-order valence-corrected chi connectivity index (χ4v) is 4.40. The van der Waals surface area contributed by atoms with Crippen molar-refractivity contribution < 1.29 is 9.59 Å². The van der Waals surface area contributed by atoms with Crippen LogP contribution in [0.1, 0.15) is 76.3 Å². The Morgan fingerprint density at radius 1 is 1.11 bits per heavy atom. The second kappa shape index (κ2) is 8.76. The molecule has 0 spiro atoms. The summed E-state index contributed by atoms with van der Waals surface area (Å²) in [6.07, 6.45) is 5.09. The number of hydrogen-bond acceptors (Lipinski definition) is 2. The maximum atomic E-state index is 13.1. The molecule has 2 aromatic rings. The lowest BCUT2D eigenvalue weighted by atomic mass is 9.90. The monoisotopic (exact) mass is 380 g/mol. The Kier molecular flexibility index (Phi) is 6.38. The molecule has 1 saturated heterocycles. The van der Waals surface area contributed by atoms with Crippen LogP contribution in [-0.2, 0) is 12.8 Å². The van der Waals surface area contributed by atoms with Gasteiger partial charge in [-0.05, 0) is 69.9 Å². The first-order valence-electron chi connectivity index (χ1n) is 10.5. The molecule has 1 amide bonds.